The average Bonchev–Trinajstić information content (AvgIpc) is 1.90. The molecule has 50 valence electrons. The minimum atomic E-state index is 0. The van der Waals surface area contributed by atoms with Gasteiger partial charge in [0, 0.05) is 37.7 Å². The van der Waals surface area contributed by atoms with Crippen LogP contribution >= 0.6 is 0 Å². The van der Waals surface area contributed by atoms with Crippen molar-refractivity contribution in [3.8, 4) is 0 Å². The van der Waals surface area contributed by atoms with Gasteiger partial charge in [0.2, 0.25) is 0 Å². The van der Waals surface area contributed by atoms with Gasteiger partial charge >= 0.3 is 0 Å². The van der Waals surface area contributed by atoms with Crippen molar-refractivity contribution in [3.63, 3.8) is 0 Å². The van der Waals surface area contributed by atoms with Gasteiger partial charge in [-0.3, -0.25) is 0 Å². The molecule has 2 radical (unpaired) electrons. The molecule has 0 aromatic carbocycles. The topological polar surface area (TPSA) is 0 Å². The van der Waals surface area contributed by atoms with Crippen molar-refractivity contribution in [2.24, 2.45) is 5.92 Å². The van der Waals surface area contributed by atoms with E-state index in [1.807, 2.05) is 0 Å². The maximum absolute atomic E-state index is 2.32. The van der Waals surface area contributed by atoms with Gasteiger partial charge in [-0.15, -0.1) is 0 Å². The van der Waals surface area contributed by atoms with Gasteiger partial charge in [-0.05, 0) is 5.92 Å². The first-order chi connectivity index (χ1) is 3.93. The van der Waals surface area contributed by atoms with E-state index in [0.29, 0.717) is 0 Å². The fraction of sp³-hybridized carbons (Fsp3) is 1.00. The third-order valence-corrected chi connectivity index (χ3v) is 2.30. The molecule has 0 heterocycles. The fourth-order valence-electron chi connectivity index (χ4n) is 1.60. The Balaban J connectivity index is 0. The van der Waals surface area contributed by atoms with Gasteiger partial charge in [0.1, 0.15) is 0 Å². The normalized spacial score (nSPS) is 18.9. The average molecular weight is 126 g/mol. The Morgan fingerprint density at radius 1 is 1.00 bits per heavy atom. The van der Waals surface area contributed by atoms with Crippen LogP contribution in [0.25, 0.3) is 0 Å². The first-order valence-corrected chi connectivity index (χ1v) is 3.93. The van der Waals surface area contributed by atoms with E-state index < -0.39 is 0 Å². The zero-order chi connectivity index (χ0) is 5.82. The second kappa shape index (κ2) is 8.29. The summed E-state index contributed by atoms with van der Waals surface area (Å²) in [6.07, 6.45) is 8.93. The Labute approximate surface area is 88.9 Å². The van der Waals surface area contributed by atoms with Gasteiger partial charge < -0.3 is 0 Å². The Kier molecular flexibility index (Phi) is 11.4. The third-order valence-electron chi connectivity index (χ3n) is 2.30. The van der Waals surface area contributed by atoms with E-state index >= 15 is 0 Å². The molecule has 1 aliphatic carbocycles. The van der Waals surface area contributed by atoms with E-state index in [4.69, 9.17) is 0 Å². The zero-order valence-electron chi connectivity index (χ0n) is 7.82. The first kappa shape index (κ1) is 13.8. The van der Waals surface area contributed by atoms with Crippen molar-refractivity contribution in [1.82, 2.24) is 0 Å². The molecule has 10 heavy (non-hydrogen) atoms. The van der Waals surface area contributed by atoms with E-state index in [0.717, 1.165) is 5.92 Å². The zero-order valence-corrected chi connectivity index (χ0v) is 7.82. The summed E-state index contributed by atoms with van der Waals surface area (Å²) in [7, 11) is 0. The van der Waals surface area contributed by atoms with Gasteiger partial charge in [0.25, 0.3) is 0 Å². The standard InChI is InChI=1S/C8H16.2Li/c1-2-8-6-4-3-5-7-8;;/h8H,2-7H2,1H3;;. The molecule has 0 aliphatic heterocycles. The smallest absolute Gasteiger partial charge is 0 e. The summed E-state index contributed by atoms with van der Waals surface area (Å²) in [5.74, 6) is 1.09. The molecular formula is C8H16Li2. The molecule has 1 rings (SSSR count). The van der Waals surface area contributed by atoms with Crippen LogP contribution in [0, 0.1) is 5.92 Å². The van der Waals surface area contributed by atoms with E-state index in [2.05, 4.69) is 6.92 Å². The third kappa shape index (κ3) is 4.93. The molecule has 1 fully saturated rings. The van der Waals surface area contributed by atoms with E-state index in [1.165, 1.54) is 38.5 Å². The van der Waals surface area contributed by atoms with Crippen LogP contribution in [0.5, 0.6) is 0 Å². The van der Waals surface area contributed by atoms with Crippen LogP contribution in [0.15, 0.2) is 0 Å². The SMILES string of the molecule is CCC1CCCCC1.[Li].[Li]. The summed E-state index contributed by atoms with van der Waals surface area (Å²) in [5, 5.41) is 0. The van der Waals surface area contributed by atoms with Gasteiger partial charge in [-0.2, -0.15) is 0 Å². The summed E-state index contributed by atoms with van der Waals surface area (Å²) >= 11 is 0. The van der Waals surface area contributed by atoms with Gasteiger partial charge in [0.15, 0.2) is 0 Å². The fourth-order valence-corrected chi connectivity index (χ4v) is 1.60. The molecule has 0 saturated heterocycles. The number of rotatable bonds is 1. The van der Waals surface area contributed by atoms with Crippen molar-refractivity contribution in [2.75, 3.05) is 0 Å². The molecule has 0 aromatic rings. The molecule has 2 heteroatoms. The monoisotopic (exact) mass is 126 g/mol. The quantitative estimate of drug-likeness (QED) is 0.472. The molecular weight excluding hydrogens is 110 g/mol. The maximum atomic E-state index is 2.32. The Hall–Kier alpha value is 1.19. The summed E-state index contributed by atoms with van der Waals surface area (Å²) in [5.41, 5.74) is 0. The van der Waals surface area contributed by atoms with Crippen LogP contribution < -0.4 is 0 Å². The van der Waals surface area contributed by atoms with Crippen molar-refractivity contribution in [2.45, 2.75) is 45.4 Å². The van der Waals surface area contributed by atoms with Crippen molar-refractivity contribution >= 4 is 37.7 Å². The predicted molar refractivity (Wildman–Crippen MR) is 48.4 cm³/mol. The Morgan fingerprint density at radius 3 is 1.80 bits per heavy atom. The Bertz CT molecular complexity index is 58.3. The van der Waals surface area contributed by atoms with Crippen LogP contribution in [-0.4, -0.2) is 37.7 Å². The largest absolute Gasteiger partial charge is 0.0651 e. The van der Waals surface area contributed by atoms with Gasteiger partial charge in [-0.1, -0.05) is 45.4 Å². The molecule has 0 aromatic heterocycles. The molecule has 1 aliphatic rings. The summed E-state index contributed by atoms with van der Waals surface area (Å²) < 4.78 is 0. The van der Waals surface area contributed by atoms with Crippen molar-refractivity contribution < 1.29 is 0 Å². The Morgan fingerprint density at radius 2 is 1.50 bits per heavy atom. The predicted octanol–water partition coefficient (Wildman–Crippen LogP) is 2.22. The minimum absolute atomic E-state index is 0. The molecule has 0 nitrogen and oxygen atoms in total. The van der Waals surface area contributed by atoms with Crippen LogP contribution in [0.1, 0.15) is 45.4 Å². The second-order valence-corrected chi connectivity index (χ2v) is 2.91. The van der Waals surface area contributed by atoms with Crippen molar-refractivity contribution in [1.29, 1.82) is 0 Å². The van der Waals surface area contributed by atoms with Crippen LogP contribution in [0.3, 0.4) is 0 Å². The molecule has 0 amide bonds. The summed E-state index contributed by atoms with van der Waals surface area (Å²) in [4.78, 5) is 0. The maximum Gasteiger partial charge on any atom is 0 e. The van der Waals surface area contributed by atoms with Crippen LogP contribution in [0.4, 0.5) is 0 Å². The van der Waals surface area contributed by atoms with Crippen LogP contribution in [-0.2, 0) is 0 Å². The molecule has 0 atom stereocenters. The molecule has 0 bridgehead atoms. The van der Waals surface area contributed by atoms with Gasteiger partial charge in [0.05, 0.1) is 0 Å². The van der Waals surface area contributed by atoms with Crippen molar-refractivity contribution in [3.05, 3.63) is 0 Å². The second-order valence-electron chi connectivity index (χ2n) is 2.91. The first-order valence-electron chi connectivity index (χ1n) is 3.93. The molecule has 0 unspecified atom stereocenters. The van der Waals surface area contributed by atoms with Gasteiger partial charge in [-0.25, -0.2) is 0 Å². The van der Waals surface area contributed by atoms with E-state index in [9.17, 15) is 0 Å². The molecule has 0 spiro atoms. The molecule has 0 N–H and O–H groups in total. The van der Waals surface area contributed by atoms with E-state index in [-0.39, 0.29) is 37.7 Å². The van der Waals surface area contributed by atoms with E-state index in [1.54, 1.807) is 0 Å². The summed E-state index contributed by atoms with van der Waals surface area (Å²) in [6, 6.07) is 0. The number of hydrogen-bond acceptors (Lipinski definition) is 0. The molecule has 1 saturated carbocycles. The van der Waals surface area contributed by atoms with Crippen LogP contribution in [0.2, 0.25) is 0 Å². The number of hydrogen-bond donors (Lipinski definition) is 0. The summed E-state index contributed by atoms with van der Waals surface area (Å²) in [6.45, 7) is 2.32. The minimum Gasteiger partial charge on any atom is -0.0651 e.